The number of aliphatic carboxylic acids is 1. The lowest BCUT2D eigenvalue weighted by Gasteiger charge is -2.55. The predicted octanol–water partition coefficient (Wildman–Crippen LogP) is 3.15. The van der Waals surface area contributed by atoms with Crippen molar-refractivity contribution in [2.45, 2.75) is 51.0 Å². The van der Waals surface area contributed by atoms with E-state index in [-0.39, 0.29) is 17.7 Å². The number of benzene rings is 1. The van der Waals surface area contributed by atoms with E-state index in [1.54, 1.807) is 12.1 Å². The number of carbonyl (C=O) groups is 2. The predicted molar refractivity (Wildman–Crippen MR) is 90.3 cm³/mol. The largest absolute Gasteiger partial charge is 0.480 e. The van der Waals surface area contributed by atoms with Gasteiger partial charge in [0, 0.05) is 11.8 Å². The summed E-state index contributed by atoms with van der Waals surface area (Å²) in [6, 6.07) is 4.89. The molecule has 0 aromatic heterocycles. The Balaban J connectivity index is 1.49. The van der Waals surface area contributed by atoms with Crippen LogP contribution in [0.2, 0.25) is 0 Å². The zero-order valence-corrected chi connectivity index (χ0v) is 14.2. The molecule has 4 saturated carbocycles. The van der Waals surface area contributed by atoms with Crippen LogP contribution in [0, 0.1) is 29.0 Å². The van der Waals surface area contributed by atoms with Gasteiger partial charge in [0.25, 0.3) is 0 Å². The highest BCUT2D eigenvalue weighted by Crippen LogP contribution is 2.60. The fraction of sp³-hybridized carbons (Fsp3) is 0.600. The summed E-state index contributed by atoms with van der Waals surface area (Å²) < 4.78 is 13.4. The Morgan fingerprint density at radius 1 is 1.16 bits per heavy atom. The van der Waals surface area contributed by atoms with Gasteiger partial charge in [0.05, 0.1) is 0 Å². The number of halogens is 1. The average Bonchev–Trinajstić information content (AvgIpc) is 2.52. The highest BCUT2D eigenvalue weighted by Gasteiger charge is 2.54. The molecular formula is C20H24FNO3. The fourth-order valence-corrected chi connectivity index (χ4v) is 5.80. The molecule has 5 heteroatoms. The molecule has 1 aromatic carbocycles. The minimum Gasteiger partial charge on any atom is -0.480 e. The van der Waals surface area contributed by atoms with Crippen LogP contribution >= 0.6 is 0 Å². The van der Waals surface area contributed by atoms with E-state index >= 15 is 0 Å². The Morgan fingerprint density at radius 2 is 1.76 bits per heavy atom. The molecule has 0 unspecified atom stereocenters. The summed E-state index contributed by atoms with van der Waals surface area (Å²) in [6.07, 6.45) is 6.51. The molecule has 2 N–H and O–H groups in total. The molecule has 1 aromatic rings. The summed E-state index contributed by atoms with van der Waals surface area (Å²) in [6.45, 7) is 0. The van der Waals surface area contributed by atoms with Gasteiger partial charge >= 0.3 is 5.97 Å². The van der Waals surface area contributed by atoms with Crippen molar-refractivity contribution in [2.75, 3.05) is 0 Å². The SMILES string of the molecule is O=C(O)[C@@H](Cc1cccc(F)c1)NC(=O)C12CC3CC(CC(C3)C1)C2. The molecule has 134 valence electrons. The first kappa shape index (κ1) is 16.6. The Hall–Kier alpha value is -1.91. The summed E-state index contributed by atoms with van der Waals surface area (Å²) in [5, 5.41) is 12.3. The van der Waals surface area contributed by atoms with Gasteiger partial charge in [0.2, 0.25) is 5.91 Å². The van der Waals surface area contributed by atoms with E-state index < -0.39 is 17.8 Å². The van der Waals surface area contributed by atoms with Crippen LogP contribution in [0.1, 0.15) is 44.1 Å². The molecule has 0 heterocycles. The standard InChI is InChI=1S/C20H24FNO3/c21-16-3-1-2-12(7-16)8-17(18(23)24)22-19(25)20-9-13-4-14(10-20)6-15(5-13)11-20/h1-3,7,13-15,17H,4-6,8-11H2,(H,22,25)(H,23,24)/t13?,14?,15?,17-,20?/m1/s1. The Kier molecular flexibility index (Phi) is 4.05. The number of hydrogen-bond donors (Lipinski definition) is 2. The zero-order chi connectivity index (χ0) is 17.6. The molecule has 0 saturated heterocycles. The average molecular weight is 345 g/mol. The lowest BCUT2D eigenvalue weighted by atomic mass is 9.49. The van der Waals surface area contributed by atoms with Crippen LogP contribution in [0.15, 0.2) is 24.3 Å². The van der Waals surface area contributed by atoms with Gasteiger partial charge in [-0.05, 0) is 74.0 Å². The highest BCUT2D eigenvalue weighted by atomic mass is 19.1. The van der Waals surface area contributed by atoms with Crippen LogP contribution in [-0.2, 0) is 16.0 Å². The molecule has 25 heavy (non-hydrogen) atoms. The van der Waals surface area contributed by atoms with Gasteiger partial charge in [-0.3, -0.25) is 4.79 Å². The quantitative estimate of drug-likeness (QED) is 0.861. The van der Waals surface area contributed by atoms with Gasteiger partial charge in [-0.25, -0.2) is 9.18 Å². The summed E-state index contributed by atoms with van der Waals surface area (Å²) in [7, 11) is 0. The van der Waals surface area contributed by atoms with Crippen molar-refractivity contribution >= 4 is 11.9 Å². The summed E-state index contributed by atoms with van der Waals surface area (Å²) >= 11 is 0. The maximum absolute atomic E-state index is 13.4. The van der Waals surface area contributed by atoms with Gasteiger partial charge < -0.3 is 10.4 Å². The van der Waals surface area contributed by atoms with Crippen LogP contribution in [0.25, 0.3) is 0 Å². The van der Waals surface area contributed by atoms with Crippen molar-refractivity contribution in [1.29, 1.82) is 0 Å². The monoisotopic (exact) mass is 345 g/mol. The van der Waals surface area contributed by atoms with Crippen molar-refractivity contribution in [3.63, 3.8) is 0 Å². The maximum Gasteiger partial charge on any atom is 0.326 e. The van der Waals surface area contributed by atoms with E-state index in [1.165, 1.54) is 31.4 Å². The molecule has 0 spiro atoms. The number of amides is 1. The van der Waals surface area contributed by atoms with Gasteiger partial charge in [0.15, 0.2) is 0 Å². The van der Waals surface area contributed by atoms with E-state index in [9.17, 15) is 19.1 Å². The third-order valence-corrected chi connectivity index (χ3v) is 6.45. The lowest BCUT2D eigenvalue weighted by Crippen LogP contribution is -2.56. The summed E-state index contributed by atoms with van der Waals surface area (Å²) in [5.41, 5.74) is 0.211. The van der Waals surface area contributed by atoms with Gasteiger partial charge in [0.1, 0.15) is 11.9 Å². The second-order valence-corrected chi connectivity index (χ2v) is 8.40. The highest BCUT2D eigenvalue weighted by molar-refractivity contribution is 5.88. The molecular weight excluding hydrogens is 321 g/mol. The van der Waals surface area contributed by atoms with Crippen LogP contribution in [-0.4, -0.2) is 23.0 Å². The number of carboxylic acids is 1. The number of nitrogens with one attached hydrogen (secondary N) is 1. The lowest BCUT2D eigenvalue weighted by molar-refractivity contribution is -0.151. The third kappa shape index (κ3) is 3.16. The Bertz CT molecular complexity index is 667. The Labute approximate surface area is 146 Å². The minimum atomic E-state index is -1.07. The molecule has 0 radical (unpaired) electrons. The summed E-state index contributed by atoms with van der Waals surface area (Å²) in [4.78, 5) is 24.7. The van der Waals surface area contributed by atoms with Gasteiger partial charge in [-0.1, -0.05) is 12.1 Å². The number of carboxylic acid groups (broad SMARTS) is 1. The van der Waals surface area contributed by atoms with Crippen LogP contribution in [0.5, 0.6) is 0 Å². The second kappa shape index (κ2) is 6.11. The van der Waals surface area contributed by atoms with E-state index in [4.69, 9.17) is 0 Å². The van der Waals surface area contributed by atoms with Crippen molar-refractivity contribution in [3.05, 3.63) is 35.6 Å². The molecule has 0 aliphatic heterocycles. The number of rotatable bonds is 5. The second-order valence-electron chi connectivity index (χ2n) is 8.40. The van der Waals surface area contributed by atoms with E-state index in [0.29, 0.717) is 23.3 Å². The number of carbonyl (C=O) groups excluding carboxylic acids is 1. The fourth-order valence-electron chi connectivity index (χ4n) is 5.80. The van der Waals surface area contributed by atoms with Gasteiger partial charge in [-0.15, -0.1) is 0 Å². The molecule has 4 bridgehead atoms. The van der Waals surface area contributed by atoms with Crippen LogP contribution in [0.4, 0.5) is 4.39 Å². The first-order chi connectivity index (χ1) is 11.9. The van der Waals surface area contributed by atoms with Gasteiger partial charge in [-0.2, -0.15) is 0 Å². The molecule has 4 aliphatic carbocycles. The molecule has 5 rings (SSSR count). The van der Waals surface area contributed by atoms with E-state index in [0.717, 1.165) is 19.3 Å². The van der Waals surface area contributed by atoms with Crippen molar-refractivity contribution in [1.82, 2.24) is 5.32 Å². The smallest absolute Gasteiger partial charge is 0.326 e. The maximum atomic E-state index is 13.4. The third-order valence-electron chi connectivity index (χ3n) is 6.45. The zero-order valence-electron chi connectivity index (χ0n) is 14.2. The molecule has 4 nitrogen and oxygen atoms in total. The minimum absolute atomic E-state index is 0.101. The van der Waals surface area contributed by atoms with Crippen LogP contribution in [0.3, 0.4) is 0 Å². The first-order valence-corrected chi connectivity index (χ1v) is 9.22. The van der Waals surface area contributed by atoms with Crippen molar-refractivity contribution in [2.24, 2.45) is 23.2 Å². The molecule has 4 aliphatic rings. The topological polar surface area (TPSA) is 66.4 Å². The number of hydrogen-bond acceptors (Lipinski definition) is 2. The summed E-state index contributed by atoms with van der Waals surface area (Å²) in [5.74, 6) is 0.322. The van der Waals surface area contributed by atoms with E-state index in [1.807, 2.05) is 0 Å². The molecule has 1 amide bonds. The van der Waals surface area contributed by atoms with E-state index in [2.05, 4.69) is 5.32 Å². The van der Waals surface area contributed by atoms with Crippen molar-refractivity contribution in [3.8, 4) is 0 Å². The first-order valence-electron chi connectivity index (χ1n) is 9.22. The molecule has 1 atom stereocenters. The van der Waals surface area contributed by atoms with Crippen LogP contribution < -0.4 is 5.32 Å². The van der Waals surface area contributed by atoms with Crippen molar-refractivity contribution < 1.29 is 19.1 Å². The molecule has 4 fully saturated rings. The normalized spacial score (nSPS) is 33.9. The Morgan fingerprint density at radius 3 is 2.28 bits per heavy atom.